The van der Waals surface area contributed by atoms with Crippen molar-refractivity contribution in [2.75, 3.05) is 13.7 Å². The zero-order chi connectivity index (χ0) is 18.1. The fraction of sp³-hybridized carbons (Fsp3) is 0.750. The Morgan fingerprint density at radius 1 is 1.12 bits per heavy atom. The summed E-state index contributed by atoms with van der Waals surface area (Å²) in [6.07, 6.45) is 8.02. The van der Waals surface area contributed by atoms with Crippen LogP contribution in [0, 0.1) is 23.2 Å². The Morgan fingerprint density at radius 2 is 1.73 bits per heavy atom. The Hall–Kier alpha value is -1.85. The van der Waals surface area contributed by atoms with E-state index in [0.29, 0.717) is 31.1 Å². The van der Waals surface area contributed by atoms with Crippen molar-refractivity contribution in [2.24, 2.45) is 30.2 Å². The first-order valence-electron chi connectivity index (χ1n) is 9.91. The third-order valence-electron chi connectivity index (χ3n) is 7.41. The van der Waals surface area contributed by atoms with Crippen LogP contribution >= 0.6 is 0 Å². The smallest absolute Gasteiger partial charge is 0.358 e. The highest BCUT2D eigenvalue weighted by atomic mass is 16.5. The van der Waals surface area contributed by atoms with Gasteiger partial charge in [-0.3, -0.25) is 9.48 Å². The summed E-state index contributed by atoms with van der Waals surface area (Å²) in [5.41, 5.74) is 2.24. The first kappa shape index (κ1) is 16.3. The Balaban J connectivity index is 1.41. The maximum Gasteiger partial charge on any atom is 0.358 e. The lowest BCUT2D eigenvalue weighted by Crippen LogP contribution is -2.55. The molecule has 0 spiro atoms. The molecule has 4 fully saturated rings. The molecule has 26 heavy (non-hydrogen) atoms. The minimum atomic E-state index is -0.386. The van der Waals surface area contributed by atoms with Crippen LogP contribution in [-0.4, -0.2) is 40.2 Å². The number of ether oxygens (including phenoxy) is 1. The highest BCUT2D eigenvalue weighted by Crippen LogP contribution is 2.60. The van der Waals surface area contributed by atoms with Gasteiger partial charge in [0.2, 0.25) is 5.91 Å². The molecule has 4 bridgehead atoms. The molecule has 4 aliphatic carbocycles. The van der Waals surface area contributed by atoms with Gasteiger partial charge in [-0.15, -0.1) is 0 Å². The summed E-state index contributed by atoms with van der Waals surface area (Å²) in [6.45, 7) is 1.25. The summed E-state index contributed by atoms with van der Waals surface area (Å²) in [7, 11) is 3.24. The second-order valence-electron chi connectivity index (χ2n) is 9.06. The van der Waals surface area contributed by atoms with E-state index in [-0.39, 0.29) is 11.4 Å². The topological polar surface area (TPSA) is 64.4 Å². The highest BCUT2D eigenvalue weighted by Gasteiger charge is 2.55. The molecule has 0 radical (unpaired) electrons. The van der Waals surface area contributed by atoms with E-state index in [9.17, 15) is 9.59 Å². The van der Waals surface area contributed by atoms with E-state index in [2.05, 4.69) is 5.10 Å². The Bertz CT molecular complexity index is 746. The fourth-order valence-corrected chi connectivity index (χ4v) is 6.71. The van der Waals surface area contributed by atoms with Crippen molar-refractivity contribution < 1.29 is 14.3 Å². The van der Waals surface area contributed by atoms with Crippen molar-refractivity contribution >= 4 is 11.9 Å². The summed E-state index contributed by atoms with van der Waals surface area (Å²) in [6, 6.07) is 0. The van der Waals surface area contributed by atoms with Crippen LogP contribution in [0.5, 0.6) is 0 Å². The molecule has 2 heterocycles. The molecule has 0 aromatic carbocycles. The standard InChI is InChI=1S/C20H27N3O3/c1-22-16-11-23(4-3-15(16)17(21-22)18(24)26-2)19(25)20-8-12-5-13(9-20)7-14(6-12)10-20/h12-14H,3-11H2,1-2H3. The predicted octanol–water partition coefficient (Wildman–Crippen LogP) is 2.31. The van der Waals surface area contributed by atoms with Crippen molar-refractivity contribution in [2.45, 2.75) is 51.5 Å². The third-order valence-corrected chi connectivity index (χ3v) is 7.41. The van der Waals surface area contributed by atoms with Gasteiger partial charge < -0.3 is 9.64 Å². The Kier molecular flexibility index (Phi) is 3.50. The average molecular weight is 357 g/mol. The van der Waals surface area contributed by atoms with E-state index in [0.717, 1.165) is 48.3 Å². The van der Waals surface area contributed by atoms with Crippen LogP contribution in [-0.2, 0) is 29.5 Å². The Labute approximate surface area is 153 Å². The third kappa shape index (κ3) is 2.26. The lowest BCUT2D eigenvalue weighted by molar-refractivity contribution is -0.158. The molecule has 1 amide bonds. The van der Waals surface area contributed by atoms with Gasteiger partial charge >= 0.3 is 5.97 Å². The van der Waals surface area contributed by atoms with Gasteiger partial charge in [-0.2, -0.15) is 5.10 Å². The number of aryl methyl sites for hydroxylation is 1. The molecule has 6 rings (SSSR count). The van der Waals surface area contributed by atoms with E-state index in [1.54, 1.807) is 4.68 Å². The monoisotopic (exact) mass is 357 g/mol. The number of fused-ring (bicyclic) bond motifs is 1. The van der Waals surface area contributed by atoms with Crippen LogP contribution in [0.4, 0.5) is 0 Å². The zero-order valence-corrected chi connectivity index (χ0v) is 15.7. The lowest BCUT2D eigenvalue weighted by Gasteiger charge is -2.56. The molecule has 6 nitrogen and oxygen atoms in total. The SMILES string of the molecule is COC(=O)c1nn(C)c2c1CCN(C(=O)C13CC4CC(CC(C4)C1)C3)C2. The molecule has 1 aliphatic heterocycles. The molecular formula is C20H27N3O3. The van der Waals surface area contributed by atoms with Crippen molar-refractivity contribution in [3.63, 3.8) is 0 Å². The van der Waals surface area contributed by atoms with Crippen LogP contribution in [0.2, 0.25) is 0 Å². The van der Waals surface area contributed by atoms with Gasteiger partial charge in [-0.25, -0.2) is 4.79 Å². The van der Waals surface area contributed by atoms with Gasteiger partial charge in [0.25, 0.3) is 0 Å². The second-order valence-corrected chi connectivity index (χ2v) is 9.06. The summed E-state index contributed by atoms with van der Waals surface area (Å²) in [5.74, 6) is 2.29. The molecule has 1 aromatic rings. The summed E-state index contributed by atoms with van der Waals surface area (Å²) >= 11 is 0. The van der Waals surface area contributed by atoms with Crippen LogP contribution < -0.4 is 0 Å². The Morgan fingerprint density at radius 3 is 2.31 bits per heavy atom. The molecule has 0 unspecified atom stereocenters. The quantitative estimate of drug-likeness (QED) is 0.762. The molecule has 5 aliphatic rings. The summed E-state index contributed by atoms with van der Waals surface area (Å²) in [4.78, 5) is 27.6. The number of aromatic nitrogens is 2. The van der Waals surface area contributed by atoms with Gasteiger partial charge in [0.05, 0.1) is 24.8 Å². The number of carbonyl (C=O) groups excluding carboxylic acids is 2. The molecular weight excluding hydrogens is 330 g/mol. The molecule has 0 saturated heterocycles. The molecule has 140 valence electrons. The molecule has 0 atom stereocenters. The van der Waals surface area contributed by atoms with E-state index < -0.39 is 0 Å². The molecule has 6 heteroatoms. The van der Waals surface area contributed by atoms with E-state index in [1.165, 1.54) is 26.4 Å². The number of methoxy groups -OCH3 is 1. The maximum atomic E-state index is 13.6. The van der Waals surface area contributed by atoms with Gasteiger partial charge in [0.1, 0.15) is 0 Å². The van der Waals surface area contributed by atoms with Gasteiger partial charge in [-0.1, -0.05) is 0 Å². The van der Waals surface area contributed by atoms with Gasteiger partial charge in [0, 0.05) is 19.2 Å². The number of amides is 1. The van der Waals surface area contributed by atoms with Crippen LogP contribution in [0.15, 0.2) is 0 Å². The van der Waals surface area contributed by atoms with Crippen LogP contribution in [0.1, 0.15) is 60.3 Å². The van der Waals surface area contributed by atoms with Crippen molar-refractivity contribution in [3.05, 3.63) is 17.0 Å². The van der Waals surface area contributed by atoms with Crippen molar-refractivity contribution in [3.8, 4) is 0 Å². The van der Waals surface area contributed by atoms with Crippen LogP contribution in [0.3, 0.4) is 0 Å². The van der Waals surface area contributed by atoms with Gasteiger partial charge in [0.15, 0.2) is 5.69 Å². The van der Waals surface area contributed by atoms with Crippen LogP contribution in [0.25, 0.3) is 0 Å². The lowest BCUT2D eigenvalue weighted by atomic mass is 9.49. The van der Waals surface area contributed by atoms with Gasteiger partial charge in [-0.05, 0) is 62.7 Å². The number of hydrogen-bond donors (Lipinski definition) is 0. The highest BCUT2D eigenvalue weighted by molar-refractivity contribution is 5.89. The fourth-order valence-electron chi connectivity index (χ4n) is 6.71. The minimum Gasteiger partial charge on any atom is -0.464 e. The van der Waals surface area contributed by atoms with E-state index >= 15 is 0 Å². The largest absolute Gasteiger partial charge is 0.464 e. The van der Waals surface area contributed by atoms with Crippen molar-refractivity contribution in [1.82, 2.24) is 14.7 Å². The molecule has 1 aromatic heterocycles. The first-order chi connectivity index (χ1) is 12.5. The van der Waals surface area contributed by atoms with E-state index in [4.69, 9.17) is 4.74 Å². The molecule has 4 saturated carbocycles. The average Bonchev–Trinajstić information content (AvgIpc) is 2.95. The minimum absolute atomic E-state index is 0.101. The predicted molar refractivity (Wildman–Crippen MR) is 94.3 cm³/mol. The van der Waals surface area contributed by atoms with Crippen molar-refractivity contribution in [1.29, 1.82) is 0 Å². The maximum absolute atomic E-state index is 13.6. The number of hydrogen-bond acceptors (Lipinski definition) is 4. The number of esters is 1. The van der Waals surface area contributed by atoms with E-state index in [1.807, 2.05) is 11.9 Å². The second kappa shape index (κ2) is 5.57. The summed E-state index contributed by atoms with van der Waals surface area (Å²) in [5, 5.41) is 4.35. The number of nitrogens with zero attached hydrogens (tertiary/aromatic N) is 3. The normalized spacial score (nSPS) is 34.7. The zero-order valence-electron chi connectivity index (χ0n) is 15.7. The number of carbonyl (C=O) groups is 2. The summed E-state index contributed by atoms with van der Waals surface area (Å²) < 4.78 is 6.61. The number of rotatable bonds is 2. The first-order valence-corrected chi connectivity index (χ1v) is 9.91. The molecule has 0 N–H and O–H groups in total.